The van der Waals surface area contributed by atoms with Crippen LogP contribution in [-0.4, -0.2) is 24.1 Å². The lowest BCUT2D eigenvalue weighted by Gasteiger charge is -2.30. The van der Waals surface area contributed by atoms with Crippen LogP contribution in [0.15, 0.2) is 135 Å². The lowest BCUT2D eigenvalue weighted by molar-refractivity contribution is -0.153. The molecule has 0 fully saturated rings. The summed E-state index contributed by atoms with van der Waals surface area (Å²) in [5.74, 6) is -1.33. The van der Waals surface area contributed by atoms with E-state index in [1.54, 1.807) is 0 Å². The second-order valence-corrected chi connectivity index (χ2v) is 15.4. The minimum Gasteiger partial charge on any atom is -0.459 e. The van der Waals surface area contributed by atoms with Crippen LogP contribution in [-0.2, 0) is 36.3 Å². The highest BCUT2D eigenvalue weighted by Crippen LogP contribution is 2.53. The fourth-order valence-electron chi connectivity index (χ4n) is 8.51. The van der Waals surface area contributed by atoms with Gasteiger partial charge in [-0.3, -0.25) is 0 Å². The Morgan fingerprint density at radius 2 is 0.981 bits per heavy atom. The number of ether oxygens (including phenoxy) is 2. The molecular weight excluding hydrogens is 655 g/mol. The molecular formula is C48H47NO4. The summed E-state index contributed by atoms with van der Waals surface area (Å²) in [5, 5.41) is 0. The molecule has 0 aliphatic heterocycles. The van der Waals surface area contributed by atoms with Crippen LogP contribution in [0.5, 0.6) is 0 Å². The lowest BCUT2D eigenvalue weighted by atomic mass is 9.82. The van der Waals surface area contributed by atoms with Crippen LogP contribution in [0.1, 0.15) is 69.4 Å². The molecule has 2 unspecified atom stereocenters. The first-order valence-electron chi connectivity index (χ1n) is 18.4. The Morgan fingerprint density at radius 1 is 0.585 bits per heavy atom. The molecule has 268 valence electrons. The van der Waals surface area contributed by atoms with Gasteiger partial charge < -0.3 is 14.4 Å². The summed E-state index contributed by atoms with van der Waals surface area (Å²) in [6.07, 6.45) is 1.77. The van der Waals surface area contributed by atoms with Crippen LogP contribution in [0.3, 0.4) is 0 Å². The van der Waals surface area contributed by atoms with E-state index in [0.717, 1.165) is 34.8 Å². The quantitative estimate of drug-likeness (QED) is 0.101. The van der Waals surface area contributed by atoms with Crippen molar-refractivity contribution in [2.45, 2.75) is 71.0 Å². The van der Waals surface area contributed by atoms with Crippen molar-refractivity contribution >= 4 is 29.0 Å². The van der Waals surface area contributed by atoms with E-state index in [-0.39, 0.29) is 16.7 Å². The molecule has 2 aliphatic carbocycles. The third-order valence-corrected chi connectivity index (χ3v) is 11.5. The molecule has 2 aliphatic rings. The van der Waals surface area contributed by atoms with Crippen LogP contribution in [0, 0.1) is 5.92 Å². The molecule has 7 rings (SSSR count). The van der Waals surface area contributed by atoms with E-state index in [9.17, 15) is 9.59 Å². The van der Waals surface area contributed by atoms with Crippen molar-refractivity contribution in [3.63, 3.8) is 0 Å². The minimum absolute atomic E-state index is 0.147. The van der Waals surface area contributed by atoms with Gasteiger partial charge in [-0.15, -0.1) is 0 Å². The molecule has 53 heavy (non-hydrogen) atoms. The van der Waals surface area contributed by atoms with E-state index in [1.165, 1.54) is 44.5 Å². The van der Waals surface area contributed by atoms with Crippen LogP contribution < -0.4 is 4.90 Å². The van der Waals surface area contributed by atoms with Crippen molar-refractivity contribution < 1.29 is 19.1 Å². The molecule has 0 bridgehead atoms. The van der Waals surface area contributed by atoms with Crippen molar-refractivity contribution in [2.75, 3.05) is 4.90 Å². The smallest absolute Gasteiger partial charge is 0.330 e. The minimum atomic E-state index is -0.526. The number of esters is 2. The monoisotopic (exact) mass is 701 g/mol. The molecule has 5 aromatic rings. The van der Waals surface area contributed by atoms with Crippen LogP contribution in [0.25, 0.3) is 22.3 Å². The average Bonchev–Trinajstić information content (AvgIpc) is 3.53. The predicted octanol–water partition coefficient (Wildman–Crippen LogP) is 11.2. The van der Waals surface area contributed by atoms with E-state index in [2.05, 4.69) is 155 Å². The van der Waals surface area contributed by atoms with Gasteiger partial charge in [0.1, 0.15) is 12.2 Å². The first-order valence-corrected chi connectivity index (χ1v) is 18.4. The van der Waals surface area contributed by atoms with Crippen molar-refractivity contribution in [3.8, 4) is 22.3 Å². The summed E-state index contributed by atoms with van der Waals surface area (Å²) < 4.78 is 11.2. The molecule has 0 N–H and O–H groups in total. The zero-order chi connectivity index (χ0) is 37.7. The van der Waals surface area contributed by atoms with Gasteiger partial charge in [0, 0.05) is 46.0 Å². The molecule has 0 radical (unpaired) electrons. The van der Waals surface area contributed by atoms with Crippen LogP contribution >= 0.6 is 0 Å². The molecule has 2 atom stereocenters. The van der Waals surface area contributed by atoms with Gasteiger partial charge >= 0.3 is 11.9 Å². The molecule has 5 aromatic carbocycles. The first kappa shape index (κ1) is 35.7. The maximum absolute atomic E-state index is 12.1. The molecule has 0 heterocycles. The largest absolute Gasteiger partial charge is 0.459 e. The van der Waals surface area contributed by atoms with Gasteiger partial charge in [0.25, 0.3) is 0 Å². The SMILES string of the molecule is C=CC(=O)OC(C)C(Cc1ccc(N(c2ccc3c(c2)C(C)(C)c2ccccc2-3)c2ccc3c(c2)C(C)(C)c2ccccc2-3)cc1)C(C)OC(=O)C=C. The van der Waals surface area contributed by atoms with Crippen molar-refractivity contribution in [3.05, 3.63) is 162 Å². The van der Waals surface area contributed by atoms with Gasteiger partial charge in [-0.05, 0) is 107 Å². The maximum Gasteiger partial charge on any atom is 0.330 e. The summed E-state index contributed by atoms with van der Waals surface area (Å²) >= 11 is 0. The van der Waals surface area contributed by atoms with Crippen LogP contribution in [0.4, 0.5) is 17.1 Å². The number of hydrogen-bond acceptors (Lipinski definition) is 5. The summed E-state index contributed by atoms with van der Waals surface area (Å²) in [5.41, 5.74) is 14.4. The number of hydrogen-bond donors (Lipinski definition) is 0. The van der Waals surface area contributed by atoms with Crippen LogP contribution in [0.2, 0.25) is 0 Å². The molecule has 5 nitrogen and oxygen atoms in total. The number of carbonyl (C=O) groups is 2. The van der Waals surface area contributed by atoms with Gasteiger partial charge in [0.15, 0.2) is 0 Å². The Labute approximate surface area is 313 Å². The zero-order valence-corrected chi connectivity index (χ0v) is 31.5. The Kier molecular flexibility index (Phi) is 9.23. The van der Waals surface area contributed by atoms with Gasteiger partial charge in [-0.25, -0.2) is 9.59 Å². The fourth-order valence-corrected chi connectivity index (χ4v) is 8.51. The standard InChI is InChI=1S/C48H47NO4/c1-9-45(50)52-30(3)40(31(4)53-46(51)10-2)27-32-19-21-33(22-20-32)49(34-23-25-38-36-15-11-13-17-41(36)47(5,6)43(38)28-34)35-24-26-39-37-16-12-14-18-42(37)48(7,8)44(39)29-35/h9-26,28-31,40H,1-2,27H2,3-8H3. The predicted molar refractivity (Wildman–Crippen MR) is 215 cm³/mol. The second kappa shape index (κ2) is 13.7. The number of benzene rings is 5. The topological polar surface area (TPSA) is 55.8 Å². The molecule has 0 aromatic heterocycles. The van der Waals surface area contributed by atoms with Gasteiger partial charge in [-0.2, -0.15) is 0 Å². The molecule has 0 saturated heterocycles. The fraction of sp³-hybridized carbons (Fsp3) is 0.250. The van der Waals surface area contributed by atoms with E-state index in [0.29, 0.717) is 6.42 Å². The summed E-state index contributed by atoms with van der Waals surface area (Å²) in [7, 11) is 0. The Morgan fingerprint density at radius 3 is 1.42 bits per heavy atom. The Balaban J connectivity index is 1.30. The van der Waals surface area contributed by atoms with Crippen molar-refractivity contribution in [1.82, 2.24) is 0 Å². The Bertz CT molecular complexity index is 2110. The number of nitrogens with zero attached hydrogens (tertiary/aromatic N) is 1. The number of fused-ring (bicyclic) bond motifs is 6. The highest BCUT2D eigenvalue weighted by Gasteiger charge is 2.38. The molecule has 0 saturated carbocycles. The van der Waals surface area contributed by atoms with Crippen molar-refractivity contribution in [1.29, 1.82) is 0 Å². The summed E-state index contributed by atoms with van der Waals surface area (Å²) in [6.45, 7) is 20.0. The molecule has 0 spiro atoms. The Hall–Kier alpha value is -5.68. The van der Waals surface area contributed by atoms with E-state index < -0.39 is 24.1 Å². The number of anilines is 3. The summed E-state index contributed by atoms with van der Waals surface area (Å²) in [6, 6.07) is 39.7. The van der Waals surface area contributed by atoms with E-state index >= 15 is 0 Å². The number of carbonyl (C=O) groups excluding carboxylic acids is 2. The van der Waals surface area contributed by atoms with Gasteiger partial charge in [-0.1, -0.05) is 114 Å². The molecule has 0 amide bonds. The maximum atomic E-state index is 12.1. The molecule has 5 heteroatoms. The highest BCUT2D eigenvalue weighted by atomic mass is 16.6. The average molecular weight is 702 g/mol. The van der Waals surface area contributed by atoms with Crippen molar-refractivity contribution in [2.24, 2.45) is 5.92 Å². The summed E-state index contributed by atoms with van der Waals surface area (Å²) in [4.78, 5) is 26.6. The van der Waals surface area contributed by atoms with Gasteiger partial charge in [0.05, 0.1) is 0 Å². The lowest BCUT2D eigenvalue weighted by Crippen LogP contribution is -2.35. The first-order chi connectivity index (χ1) is 25.3. The third-order valence-electron chi connectivity index (χ3n) is 11.5. The third kappa shape index (κ3) is 6.28. The second-order valence-electron chi connectivity index (χ2n) is 15.4. The number of rotatable bonds is 11. The normalized spacial score (nSPS) is 15.8. The van der Waals surface area contributed by atoms with Gasteiger partial charge in [0.2, 0.25) is 0 Å². The zero-order valence-electron chi connectivity index (χ0n) is 31.5. The van der Waals surface area contributed by atoms with E-state index in [1.807, 2.05) is 13.8 Å². The van der Waals surface area contributed by atoms with E-state index in [4.69, 9.17) is 9.47 Å². The highest BCUT2D eigenvalue weighted by molar-refractivity contribution is 5.88.